The van der Waals surface area contributed by atoms with Gasteiger partial charge >= 0.3 is 0 Å². The Labute approximate surface area is 100.0 Å². The van der Waals surface area contributed by atoms with E-state index in [1.54, 1.807) is 12.1 Å². The average molecular weight is 252 g/mol. The van der Waals surface area contributed by atoms with E-state index in [0.29, 0.717) is 24.2 Å². The molecule has 0 unspecified atom stereocenters. The number of hydrogen-bond acceptors (Lipinski definition) is 4. The van der Waals surface area contributed by atoms with E-state index < -0.39 is 10.0 Å². The normalized spacial score (nSPS) is 17.4. The first kappa shape index (κ1) is 11.9. The predicted molar refractivity (Wildman–Crippen MR) is 62.0 cm³/mol. The van der Waals surface area contributed by atoms with Crippen molar-refractivity contribution in [3.05, 3.63) is 29.3 Å². The molecule has 0 atom stereocenters. The van der Waals surface area contributed by atoms with Gasteiger partial charge in [-0.3, -0.25) is 0 Å². The van der Waals surface area contributed by atoms with Gasteiger partial charge in [0.25, 0.3) is 0 Å². The molecular formula is C11H12N2O3S. The molecule has 1 fully saturated rings. The summed E-state index contributed by atoms with van der Waals surface area (Å²) in [4.78, 5) is 0. The molecule has 0 spiro atoms. The number of nitrogens with zero attached hydrogens (tertiary/aromatic N) is 2. The monoisotopic (exact) mass is 252 g/mol. The Kier molecular flexibility index (Phi) is 2.81. The van der Waals surface area contributed by atoms with Crippen LogP contribution in [0, 0.1) is 11.3 Å². The van der Waals surface area contributed by atoms with Crippen LogP contribution < -0.4 is 0 Å². The lowest BCUT2D eigenvalue weighted by Gasteiger charge is -2.37. The third-order valence-corrected chi connectivity index (χ3v) is 4.17. The summed E-state index contributed by atoms with van der Waals surface area (Å²) >= 11 is 0. The molecule has 2 rings (SSSR count). The lowest BCUT2D eigenvalue weighted by atomic mass is 9.89. The number of hydrogen-bond donors (Lipinski definition) is 1. The minimum Gasteiger partial charge on any atom is -0.508 e. The van der Waals surface area contributed by atoms with Gasteiger partial charge in [0.05, 0.1) is 17.9 Å². The standard InChI is InChI=1S/C11H12N2O3S/c1-17(15,16)13-6-9(7-13)11-8(5-12)3-2-4-10(11)14/h2-4,9,14H,6-7H2,1H3. The van der Waals surface area contributed by atoms with E-state index in [-0.39, 0.29) is 11.7 Å². The molecule has 1 aliphatic rings. The Morgan fingerprint density at radius 2 is 2.12 bits per heavy atom. The predicted octanol–water partition coefficient (Wildman–Crippen LogP) is 0.623. The molecule has 90 valence electrons. The van der Waals surface area contributed by atoms with Crippen molar-refractivity contribution >= 4 is 10.0 Å². The summed E-state index contributed by atoms with van der Waals surface area (Å²) in [5.41, 5.74) is 0.957. The number of benzene rings is 1. The second-order valence-corrected chi connectivity index (χ2v) is 6.11. The van der Waals surface area contributed by atoms with Gasteiger partial charge in [-0.15, -0.1) is 0 Å². The van der Waals surface area contributed by atoms with Gasteiger partial charge < -0.3 is 5.11 Å². The third kappa shape index (κ3) is 2.12. The van der Waals surface area contributed by atoms with Crippen molar-refractivity contribution in [2.45, 2.75) is 5.92 Å². The fourth-order valence-electron chi connectivity index (χ4n) is 1.97. The second-order valence-electron chi connectivity index (χ2n) is 4.13. The van der Waals surface area contributed by atoms with E-state index in [1.807, 2.05) is 6.07 Å². The SMILES string of the molecule is CS(=O)(=O)N1CC(c2c(O)cccc2C#N)C1. The molecule has 1 saturated heterocycles. The van der Waals surface area contributed by atoms with Crippen molar-refractivity contribution in [3.8, 4) is 11.8 Å². The quantitative estimate of drug-likeness (QED) is 0.836. The van der Waals surface area contributed by atoms with Crippen LogP contribution in [0.5, 0.6) is 5.75 Å². The molecule has 1 aromatic rings. The molecule has 5 nitrogen and oxygen atoms in total. The Hall–Kier alpha value is -1.58. The van der Waals surface area contributed by atoms with Crippen LogP contribution in [-0.4, -0.2) is 37.2 Å². The van der Waals surface area contributed by atoms with E-state index in [9.17, 15) is 13.5 Å². The van der Waals surface area contributed by atoms with Crippen LogP contribution in [0.3, 0.4) is 0 Å². The maximum atomic E-state index is 11.2. The molecule has 1 aromatic carbocycles. The highest BCUT2D eigenvalue weighted by molar-refractivity contribution is 7.88. The number of phenols is 1. The van der Waals surface area contributed by atoms with Gasteiger partial charge in [0.2, 0.25) is 10.0 Å². The molecule has 0 amide bonds. The number of aromatic hydroxyl groups is 1. The van der Waals surface area contributed by atoms with Crippen molar-refractivity contribution in [1.82, 2.24) is 4.31 Å². The van der Waals surface area contributed by atoms with Crippen molar-refractivity contribution in [3.63, 3.8) is 0 Å². The fourth-order valence-corrected chi connectivity index (χ4v) is 2.87. The fraction of sp³-hybridized carbons (Fsp3) is 0.364. The molecule has 1 N–H and O–H groups in total. The molecule has 0 saturated carbocycles. The summed E-state index contributed by atoms with van der Waals surface area (Å²) < 4.78 is 23.8. The molecule has 0 aromatic heterocycles. The second kappa shape index (κ2) is 4.02. The molecule has 17 heavy (non-hydrogen) atoms. The van der Waals surface area contributed by atoms with E-state index in [1.165, 1.54) is 10.4 Å². The lowest BCUT2D eigenvalue weighted by molar-refractivity contribution is 0.261. The number of rotatable bonds is 2. The van der Waals surface area contributed by atoms with Gasteiger partial charge in [-0.2, -0.15) is 5.26 Å². The average Bonchev–Trinajstić information content (AvgIpc) is 2.16. The molecule has 0 aliphatic carbocycles. The summed E-state index contributed by atoms with van der Waals surface area (Å²) in [5.74, 6) is -0.0391. The minimum absolute atomic E-state index is 0.0576. The Morgan fingerprint density at radius 1 is 1.47 bits per heavy atom. The maximum Gasteiger partial charge on any atom is 0.211 e. The van der Waals surface area contributed by atoms with Crippen molar-refractivity contribution in [2.75, 3.05) is 19.3 Å². The Bertz CT molecular complexity index is 583. The highest BCUT2D eigenvalue weighted by Crippen LogP contribution is 2.36. The van der Waals surface area contributed by atoms with E-state index in [4.69, 9.17) is 5.26 Å². The van der Waals surface area contributed by atoms with Crippen LogP contribution in [-0.2, 0) is 10.0 Å². The molecule has 6 heteroatoms. The number of sulfonamides is 1. The van der Waals surface area contributed by atoms with Crippen LogP contribution in [0.25, 0.3) is 0 Å². The summed E-state index contributed by atoms with van der Waals surface area (Å²) in [5, 5.41) is 18.7. The molecule has 0 radical (unpaired) electrons. The zero-order chi connectivity index (χ0) is 12.6. The van der Waals surface area contributed by atoms with Crippen molar-refractivity contribution in [1.29, 1.82) is 5.26 Å². The van der Waals surface area contributed by atoms with Crippen LogP contribution in [0.1, 0.15) is 17.0 Å². The molecule has 1 heterocycles. The topological polar surface area (TPSA) is 81.4 Å². The minimum atomic E-state index is -3.17. The van der Waals surface area contributed by atoms with Crippen LogP contribution in [0.2, 0.25) is 0 Å². The Morgan fingerprint density at radius 3 is 2.65 bits per heavy atom. The molecular weight excluding hydrogens is 240 g/mol. The van der Waals surface area contributed by atoms with E-state index in [2.05, 4.69) is 0 Å². The number of nitriles is 1. The summed E-state index contributed by atoms with van der Waals surface area (Å²) in [7, 11) is -3.17. The zero-order valence-electron chi connectivity index (χ0n) is 9.29. The highest BCUT2D eigenvalue weighted by atomic mass is 32.2. The van der Waals surface area contributed by atoms with Crippen molar-refractivity contribution < 1.29 is 13.5 Å². The zero-order valence-corrected chi connectivity index (χ0v) is 10.1. The summed E-state index contributed by atoms with van der Waals surface area (Å²) in [6.07, 6.45) is 1.15. The van der Waals surface area contributed by atoms with Gasteiger partial charge in [0.15, 0.2) is 0 Å². The van der Waals surface area contributed by atoms with Gasteiger partial charge in [-0.05, 0) is 12.1 Å². The third-order valence-electron chi connectivity index (χ3n) is 2.93. The lowest BCUT2D eigenvalue weighted by Crippen LogP contribution is -2.48. The van der Waals surface area contributed by atoms with Gasteiger partial charge in [-0.1, -0.05) is 6.07 Å². The molecule has 0 bridgehead atoms. The highest BCUT2D eigenvalue weighted by Gasteiger charge is 2.36. The van der Waals surface area contributed by atoms with Crippen LogP contribution >= 0.6 is 0 Å². The molecule has 1 aliphatic heterocycles. The van der Waals surface area contributed by atoms with Gasteiger partial charge in [0.1, 0.15) is 5.75 Å². The number of phenolic OH excluding ortho intramolecular Hbond substituents is 1. The first-order valence-electron chi connectivity index (χ1n) is 5.10. The summed E-state index contributed by atoms with van der Waals surface area (Å²) in [6.45, 7) is 0.649. The Balaban J connectivity index is 2.26. The smallest absolute Gasteiger partial charge is 0.211 e. The van der Waals surface area contributed by atoms with Crippen LogP contribution in [0.4, 0.5) is 0 Å². The van der Waals surface area contributed by atoms with Crippen LogP contribution in [0.15, 0.2) is 18.2 Å². The first-order valence-corrected chi connectivity index (χ1v) is 6.95. The van der Waals surface area contributed by atoms with E-state index in [0.717, 1.165) is 6.26 Å². The summed E-state index contributed by atoms with van der Waals surface area (Å²) in [6, 6.07) is 6.75. The first-order chi connectivity index (χ1) is 7.93. The van der Waals surface area contributed by atoms with Gasteiger partial charge in [0, 0.05) is 24.6 Å². The van der Waals surface area contributed by atoms with Gasteiger partial charge in [-0.25, -0.2) is 12.7 Å². The van der Waals surface area contributed by atoms with E-state index >= 15 is 0 Å². The maximum absolute atomic E-state index is 11.2. The largest absolute Gasteiger partial charge is 0.508 e. The van der Waals surface area contributed by atoms with Crippen molar-refractivity contribution in [2.24, 2.45) is 0 Å².